The molecule has 16 heavy (non-hydrogen) atoms. The SMILES string of the molecule is CC1CCCN(Cc2nnc(NN)s2)C1=O. The highest BCUT2D eigenvalue weighted by Gasteiger charge is 2.25. The maximum absolute atomic E-state index is 11.8. The van der Waals surface area contributed by atoms with Gasteiger partial charge in [-0.1, -0.05) is 18.3 Å². The van der Waals surface area contributed by atoms with Crippen molar-refractivity contribution in [1.29, 1.82) is 0 Å². The molecule has 2 rings (SSSR count). The van der Waals surface area contributed by atoms with E-state index in [1.807, 2.05) is 11.8 Å². The molecule has 3 N–H and O–H groups in total. The quantitative estimate of drug-likeness (QED) is 0.597. The van der Waals surface area contributed by atoms with Crippen LogP contribution in [-0.4, -0.2) is 27.5 Å². The number of piperidine rings is 1. The van der Waals surface area contributed by atoms with Crippen molar-refractivity contribution in [1.82, 2.24) is 15.1 Å². The first kappa shape index (κ1) is 11.3. The molecule has 1 aliphatic heterocycles. The summed E-state index contributed by atoms with van der Waals surface area (Å²) in [4.78, 5) is 13.7. The lowest BCUT2D eigenvalue weighted by Gasteiger charge is -2.29. The van der Waals surface area contributed by atoms with Gasteiger partial charge in [-0.05, 0) is 12.8 Å². The van der Waals surface area contributed by atoms with Crippen LogP contribution in [0.1, 0.15) is 24.8 Å². The van der Waals surface area contributed by atoms with E-state index in [0.29, 0.717) is 11.7 Å². The van der Waals surface area contributed by atoms with Crippen LogP contribution in [0.15, 0.2) is 0 Å². The molecule has 1 fully saturated rings. The minimum atomic E-state index is 0.133. The van der Waals surface area contributed by atoms with E-state index in [1.54, 1.807) is 0 Å². The predicted octanol–water partition coefficient (Wildman–Crippen LogP) is 0.582. The number of hydrazine groups is 1. The fourth-order valence-electron chi connectivity index (χ4n) is 1.83. The summed E-state index contributed by atoms with van der Waals surface area (Å²) in [6.07, 6.45) is 2.05. The van der Waals surface area contributed by atoms with E-state index in [2.05, 4.69) is 15.6 Å². The van der Waals surface area contributed by atoms with Gasteiger partial charge in [-0.2, -0.15) is 0 Å². The Hall–Kier alpha value is -1.21. The second-order valence-electron chi connectivity index (χ2n) is 3.95. The van der Waals surface area contributed by atoms with E-state index in [4.69, 9.17) is 5.84 Å². The number of carbonyl (C=O) groups excluding carboxylic acids is 1. The second kappa shape index (κ2) is 4.75. The Kier molecular flexibility index (Phi) is 3.35. The summed E-state index contributed by atoms with van der Waals surface area (Å²) in [7, 11) is 0. The summed E-state index contributed by atoms with van der Waals surface area (Å²) in [5, 5.41) is 9.20. The predicted molar refractivity (Wildman–Crippen MR) is 61.5 cm³/mol. The largest absolute Gasteiger partial charge is 0.336 e. The van der Waals surface area contributed by atoms with Crippen LogP contribution in [-0.2, 0) is 11.3 Å². The third-order valence-electron chi connectivity index (χ3n) is 2.71. The lowest BCUT2D eigenvalue weighted by Crippen LogP contribution is -2.39. The number of carbonyl (C=O) groups is 1. The summed E-state index contributed by atoms with van der Waals surface area (Å²) in [5.41, 5.74) is 2.45. The van der Waals surface area contributed by atoms with Crippen LogP contribution < -0.4 is 11.3 Å². The lowest BCUT2D eigenvalue weighted by atomic mass is 9.99. The first-order valence-corrected chi connectivity index (χ1v) is 6.10. The van der Waals surface area contributed by atoms with E-state index in [9.17, 15) is 4.79 Å². The molecule has 1 aromatic heterocycles. The fraction of sp³-hybridized carbons (Fsp3) is 0.667. The number of amides is 1. The number of rotatable bonds is 3. The number of hydrogen-bond donors (Lipinski definition) is 2. The number of hydrogen-bond acceptors (Lipinski definition) is 6. The van der Waals surface area contributed by atoms with Gasteiger partial charge in [-0.25, -0.2) is 5.84 Å². The number of aromatic nitrogens is 2. The number of nitrogens with zero attached hydrogens (tertiary/aromatic N) is 3. The third kappa shape index (κ3) is 2.30. The summed E-state index contributed by atoms with van der Waals surface area (Å²) < 4.78 is 0. The molecule has 1 aromatic rings. The van der Waals surface area contributed by atoms with Crippen LogP contribution in [0.4, 0.5) is 5.13 Å². The minimum Gasteiger partial charge on any atom is -0.336 e. The van der Waals surface area contributed by atoms with Crippen LogP contribution in [0.3, 0.4) is 0 Å². The number of likely N-dealkylation sites (tertiary alicyclic amines) is 1. The van der Waals surface area contributed by atoms with Gasteiger partial charge in [0.25, 0.3) is 0 Å². The molecule has 0 saturated carbocycles. The molecule has 0 spiro atoms. The van der Waals surface area contributed by atoms with Gasteiger partial charge in [0.05, 0.1) is 6.54 Å². The van der Waals surface area contributed by atoms with Gasteiger partial charge in [0.15, 0.2) is 0 Å². The van der Waals surface area contributed by atoms with Gasteiger partial charge < -0.3 is 4.90 Å². The summed E-state index contributed by atoms with van der Waals surface area (Å²) >= 11 is 1.38. The fourth-order valence-corrected chi connectivity index (χ4v) is 2.50. The molecule has 0 radical (unpaired) electrons. The van der Waals surface area contributed by atoms with Crippen molar-refractivity contribution in [3.05, 3.63) is 5.01 Å². The molecule has 1 atom stereocenters. The van der Waals surface area contributed by atoms with Crippen molar-refractivity contribution >= 4 is 22.4 Å². The Balaban J connectivity index is 2.00. The van der Waals surface area contributed by atoms with Crippen molar-refractivity contribution in [2.45, 2.75) is 26.3 Å². The Labute approximate surface area is 97.8 Å². The molecule has 0 bridgehead atoms. The van der Waals surface area contributed by atoms with Gasteiger partial charge in [-0.3, -0.25) is 10.2 Å². The maximum atomic E-state index is 11.8. The smallest absolute Gasteiger partial charge is 0.225 e. The normalized spacial score (nSPS) is 21.2. The third-order valence-corrected chi connectivity index (χ3v) is 3.55. The van der Waals surface area contributed by atoms with Crippen molar-refractivity contribution in [2.24, 2.45) is 11.8 Å². The molecule has 1 aliphatic rings. The Morgan fingerprint density at radius 2 is 2.44 bits per heavy atom. The van der Waals surface area contributed by atoms with Gasteiger partial charge in [-0.15, -0.1) is 10.2 Å². The standard InChI is InChI=1S/C9H15N5OS/c1-6-3-2-4-14(8(6)15)5-7-12-13-9(11-10)16-7/h6H,2-5,10H2,1H3,(H,11,13). The van der Waals surface area contributed by atoms with Gasteiger partial charge in [0.1, 0.15) is 5.01 Å². The monoisotopic (exact) mass is 241 g/mol. The molecular weight excluding hydrogens is 226 g/mol. The zero-order valence-electron chi connectivity index (χ0n) is 9.14. The van der Waals surface area contributed by atoms with Crippen molar-refractivity contribution < 1.29 is 4.79 Å². The van der Waals surface area contributed by atoms with Crippen LogP contribution >= 0.6 is 11.3 Å². The molecule has 1 saturated heterocycles. The molecule has 2 heterocycles. The molecule has 1 unspecified atom stereocenters. The van der Waals surface area contributed by atoms with Crippen molar-refractivity contribution in [3.63, 3.8) is 0 Å². The topological polar surface area (TPSA) is 84.1 Å². The Morgan fingerprint density at radius 3 is 3.12 bits per heavy atom. The molecular formula is C9H15N5OS. The zero-order chi connectivity index (χ0) is 11.5. The highest BCUT2D eigenvalue weighted by Crippen LogP contribution is 2.21. The summed E-state index contributed by atoms with van der Waals surface area (Å²) in [6, 6.07) is 0. The molecule has 1 amide bonds. The Morgan fingerprint density at radius 1 is 1.62 bits per heavy atom. The van der Waals surface area contributed by atoms with E-state index in [-0.39, 0.29) is 11.8 Å². The van der Waals surface area contributed by atoms with Gasteiger partial charge >= 0.3 is 0 Å². The second-order valence-corrected chi connectivity index (χ2v) is 5.01. The number of nitrogen functional groups attached to an aromatic ring is 1. The molecule has 0 aliphatic carbocycles. The first-order chi connectivity index (χ1) is 7.70. The first-order valence-electron chi connectivity index (χ1n) is 5.28. The summed E-state index contributed by atoms with van der Waals surface area (Å²) in [6.45, 7) is 3.33. The van der Waals surface area contributed by atoms with E-state index in [0.717, 1.165) is 24.4 Å². The molecule has 88 valence electrons. The van der Waals surface area contributed by atoms with Crippen LogP contribution in [0.5, 0.6) is 0 Å². The van der Waals surface area contributed by atoms with Crippen LogP contribution in [0.2, 0.25) is 0 Å². The average Bonchev–Trinajstić information content (AvgIpc) is 2.73. The van der Waals surface area contributed by atoms with Gasteiger partial charge in [0, 0.05) is 12.5 Å². The van der Waals surface area contributed by atoms with E-state index in [1.165, 1.54) is 11.3 Å². The van der Waals surface area contributed by atoms with Crippen LogP contribution in [0, 0.1) is 5.92 Å². The lowest BCUT2D eigenvalue weighted by molar-refractivity contribution is -0.138. The number of nitrogens with one attached hydrogen (secondary N) is 1. The highest BCUT2D eigenvalue weighted by molar-refractivity contribution is 7.15. The molecule has 0 aromatic carbocycles. The molecule has 7 heteroatoms. The van der Waals surface area contributed by atoms with Crippen molar-refractivity contribution in [2.75, 3.05) is 12.0 Å². The van der Waals surface area contributed by atoms with Crippen LogP contribution in [0.25, 0.3) is 0 Å². The van der Waals surface area contributed by atoms with Gasteiger partial charge in [0.2, 0.25) is 11.0 Å². The number of anilines is 1. The van der Waals surface area contributed by atoms with E-state index >= 15 is 0 Å². The minimum absolute atomic E-state index is 0.133. The maximum Gasteiger partial charge on any atom is 0.225 e. The average molecular weight is 241 g/mol. The zero-order valence-corrected chi connectivity index (χ0v) is 9.96. The van der Waals surface area contributed by atoms with E-state index < -0.39 is 0 Å². The highest BCUT2D eigenvalue weighted by atomic mass is 32.1. The Bertz CT molecular complexity index is 380. The number of nitrogens with two attached hydrogens (primary N) is 1. The molecule has 6 nitrogen and oxygen atoms in total. The van der Waals surface area contributed by atoms with Crippen molar-refractivity contribution in [3.8, 4) is 0 Å². The summed E-state index contributed by atoms with van der Waals surface area (Å²) in [5.74, 6) is 5.57.